The van der Waals surface area contributed by atoms with Crippen molar-refractivity contribution < 1.29 is 22.7 Å². The normalized spacial score (nSPS) is 11.6. The zero-order valence-corrected chi connectivity index (χ0v) is 18.4. The van der Waals surface area contributed by atoms with Gasteiger partial charge < -0.3 is 4.74 Å². The van der Waals surface area contributed by atoms with E-state index in [4.69, 9.17) is 16.3 Å². The van der Waals surface area contributed by atoms with Gasteiger partial charge >= 0.3 is 6.18 Å². The molecule has 9 heteroatoms. The first-order valence-corrected chi connectivity index (χ1v) is 10.6. The number of benzene rings is 2. The zero-order valence-electron chi connectivity index (χ0n) is 16.8. The minimum atomic E-state index is -4.52. The van der Waals surface area contributed by atoms with Crippen molar-refractivity contribution in [2.75, 3.05) is 11.9 Å². The van der Waals surface area contributed by atoms with E-state index in [9.17, 15) is 18.0 Å². The van der Waals surface area contributed by atoms with Crippen molar-refractivity contribution in [1.82, 2.24) is 4.98 Å². The number of amides is 1. The van der Waals surface area contributed by atoms with Crippen molar-refractivity contribution in [3.05, 3.63) is 75.3 Å². The highest BCUT2D eigenvalue weighted by Gasteiger charge is 2.33. The lowest BCUT2D eigenvalue weighted by atomic mass is 10.0. The number of nitrogens with one attached hydrogen (secondary N) is 1. The molecule has 3 aromatic rings. The number of aromatic nitrogens is 1. The number of nitrogens with zero attached hydrogens (tertiary/aromatic N) is 1. The molecule has 0 unspecified atom stereocenters. The first-order valence-electron chi connectivity index (χ1n) is 9.45. The fraction of sp³-hybridized carbons (Fsp3) is 0.273. The summed E-state index contributed by atoms with van der Waals surface area (Å²) in [4.78, 5) is 17.0. The lowest BCUT2D eigenvalue weighted by Gasteiger charge is -2.13. The van der Waals surface area contributed by atoms with Crippen LogP contribution < -0.4 is 10.1 Å². The standard InChI is InChI=1S/C22H20ClF3N2O2S/c1-13(2)16-5-3-4-6-19(16)30-12-20(29)28-21-27-11-15(31-21)9-14-7-8-18(23)17(10-14)22(24,25)26/h3-8,10-11,13H,9,12H2,1-2H3,(H,27,28,29). The Bertz CT molecular complexity index is 1070. The van der Waals surface area contributed by atoms with Crippen LogP contribution in [0.2, 0.25) is 5.02 Å². The van der Waals surface area contributed by atoms with Gasteiger partial charge in [-0.2, -0.15) is 13.2 Å². The van der Waals surface area contributed by atoms with Gasteiger partial charge in [-0.15, -0.1) is 11.3 Å². The summed E-state index contributed by atoms with van der Waals surface area (Å²) in [5.41, 5.74) is 0.587. The van der Waals surface area contributed by atoms with Gasteiger partial charge in [-0.1, -0.05) is 49.7 Å². The number of carbonyl (C=O) groups excluding carboxylic acids is 1. The van der Waals surface area contributed by atoms with Crippen LogP contribution in [-0.4, -0.2) is 17.5 Å². The fourth-order valence-electron chi connectivity index (χ4n) is 2.94. The molecule has 0 spiro atoms. The lowest BCUT2D eigenvalue weighted by Crippen LogP contribution is -2.20. The van der Waals surface area contributed by atoms with Gasteiger partial charge in [-0.05, 0) is 35.2 Å². The first kappa shape index (κ1) is 23.1. The number of alkyl halides is 3. The van der Waals surface area contributed by atoms with E-state index in [0.29, 0.717) is 21.3 Å². The molecular formula is C22H20ClF3N2O2S. The number of anilines is 1. The van der Waals surface area contributed by atoms with Crippen LogP contribution in [0.15, 0.2) is 48.7 Å². The van der Waals surface area contributed by atoms with Crippen LogP contribution in [0.4, 0.5) is 18.3 Å². The van der Waals surface area contributed by atoms with Crippen LogP contribution in [-0.2, 0) is 17.4 Å². The predicted octanol–water partition coefficient (Wildman–Crippen LogP) is 6.55. The Kier molecular flexibility index (Phi) is 7.23. The van der Waals surface area contributed by atoms with Gasteiger partial charge in [-0.3, -0.25) is 10.1 Å². The van der Waals surface area contributed by atoms with Gasteiger partial charge in [0.25, 0.3) is 5.91 Å². The van der Waals surface area contributed by atoms with Crippen molar-refractivity contribution in [2.45, 2.75) is 32.4 Å². The monoisotopic (exact) mass is 468 g/mol. The number of carbonyl (C=O) groups is 1. The summed E-state index contributed by atoms with van der Waals surface area (Å²) in [5.74, 6) is 0.535. The summed E-state index contributed by atoms with van der Waals surface area (Å²) in [7, 11) is 0. The number of thiazole rings is 1. The van der Waals surface area contributed by atoms with Crippen LogP contribution in [0.3, 0.4) is 0 Å². The third kappa shape index (κ3) is 6.21. The molecule has 164 valence electrons. The Morgan fingerprint density at radius 1 is 1.23 bits per heavy atom. The van der Waals surface area contributed by atoms with E-state index in [1.165, 1.54) is 29.7 Å². The molecule has 1 aromatic heterocycles. The molecule has 0 atom stereocenters. The van der Waals surface area contributed by atoms with Gasteiger partial charge in [0.2, 0.25) is 0 Å². The lowest BCUT2D eigenvalue weighted by molar-refractivity contribution is -0.137. The molecular weight excluding hydrogens is 449 g/mol. The number of para-hydroxylation sites is 1. The van der Waals surface area contributed by atoms with Crippen molar-refractivity contribution in [3.63, 3.8) is 0 Å². The molecule has 3 rings (SSSR count). The molecule has 1 amide bonds. The van der Waals surface area contributed by atoms with E-state index in [1.807, 2.05) is 38.1 Å². The number of hydrogen-bond donors (Lipinski definition) is 1. The van der Waals surface area contributed by atoms with E-state index in [-0.39, 0.29) is 29.9 Å². The Labute approximate surface area is 187 Å². The maximum absolute atomic E-state index is 13.0. The molecule has 0 saturated carbocycles. The highest BCUT2D eigenvalue weighted by Crippen LogP contribution is 2.35. The number of halogens is 4. The molecule has 1 heterocycles. The predicted molar refractivity (Wildman–Crippen MR) is 116 cm³/mol. The van der Waals surface area contributed by atoms with E-state index in [2.05, 4.69) is 10.3 Å². The second-order valence-corrected chi connectivity index (χ2v) is 8.67. The maximum atomic E-state index is 13.0. The second-order valence-electron chi connectivity index (χ2n) is 7.15. The molecule has 0 radical (unpaired) electrons. The number of rotatable bonds is 7. The molecule has 0 fully saturated rings. The Morgan fingerprint density at radius 3 is 2.68 bits per heavy atom. The van der Waals surface area contributed by atoms with Crippen LogP contribution in [0.25, 0.3) is 0 Å². The van der Waals surface area contributed by atoms with Crippen molar-refractivity contribution in [3.8, 4) is 5.75 Å². The zero-order chi connectivity index (χ0) is 22.6. The van der Waals surface area contributed by atoms with E-state index in [0.717, 1.165) is 11.6 Å². The van der Waals surface area contributed by atoms with Crippen LogP contribution in [0, 0.1) is 0 Å². The van der Waals surface area contributed by atoms with Crippen LogP contribution >= 0.6 is 22.9 Å². The van der Waals surface area contributed by atoms with Crippen molar-refractivity contribution in [1.29, 1.82) is 0 Å². The minimum absolute atomic E-state index is 0.176. The molecule has 0 saturated heterocycles. The Morgan fingerprint density at radius 2 is 1.97 bits per heavy atom. The number of ether oxygens (including phenoxy) is 1. The van der Waals surface area contributed by atoms with Crippen molar-refractivity contribution in [2.24, 2.45) is 0 Å². The molecule has 31 heavy (non-hydrogen) atoms. The van der Waals surface area contributed by atoms with Crippen LogP contribution in [0.5, 0.6) is 5.75 Å². The van der Waals surface area contributed by atoms with Gasteiger partial charge in [-0.25, -0.2) is 4.98 Å². The molecule has 0 aliphatic carbocycles. The Balaban J connectivity index is 1.60. The summed E-state index contributed by atoms with van der Waals surface area (Å²) in [6.45, 7) is 3.90. The van der Waals surface area contributed by atoms with Gasteiger partial charge in [0.15, 0.2) is 11.7 Å². The summed E-state index contributed by atoms with van der Waals surface area (Å²) >= 11 is 6.85. The molecule has 0 aliphatic heterocycles. The Hall–Kier alpha value is -2.58. The molecule has 0 bridgehead atoms. The average Bonchev–Trinajstić information content (AvgIpc) is 3.13. The second kappa shape index (κ2) is 9.70. The average molecular weight is 469 g/mol. The van der Waals surface area contributed by atoms with E-state index < -0.39 is 11.7 Å². The smallest absolute Gasteiger partial charge is 0.417 e. The molecule has 0 aliphatic rings. The topological polar surface area (TPSA) is 51.2 Å². The number of hydrogen-bond acceptors (Lipinski definition) is 4. The first-order chi connectivity index (χ1) is 14.6. The van der Waals surface area contributed by atoms with Gasteiger partial charge in [0.1, 0.15) is 5.75 Å². The molecule has 1 N–H and O–H groups in total. The summed E-state index contributed by atoms with van der Waals surface area (Å²) in [6, 6.07) is 11.3. The maximum Gasteiger partial charge on any atom is 0.417 e. The third-order valence-corrected chi connectivity index (χ3v) is 5.66. The SMILES string of the molecule is CC(C)c1ccccc1OCC(=O)Nc1ncc(Cc2ccc(Cl)c(C(F)(F)F)c2)s1. The minimum Gasteiger partial charge on any atom is -0.483 e. The fourth-order valence-corrected chi connectivity index (χ4v) is 4.02. The molecule has 4 nitrogen and oxygen atoms in total. The molecule has 2 aromatic carbocycles. The highest BCUT2D eigenvalue weighted by atomic mass is 35.5. The summed E-state index contributed by atoms with van der Waals surface area (Å²) < 4.78 is 44.7. The highest BCUT2D eigenvalue weighted by molar-refractivity contribution is 7.15. The van der Waals surface area contributed by atoms with Gasteiger partial charge in [0, 0.05) is 17.5 Å². The van der Waals surface area contributed by atoms with E-state index >= 15 is 0 Å². The summed E-state index contributed by atoms with van der Waals surface area (Å²) in [6.07, 6.45) is -2.75. The third-order valence-electron chi connectivity index (χ3n) is 4.41. The quantitative estimate of drug-likeness (QED) is 0.428. The van der Waals surface area contributed by atoms with Crippen LogP contribution in [0.1, 0.15) is 41.3 Å². The van der Waals surface area contributed by atoms with E-state index in [1.54, 1.807) is 0 Å². The largest absolute Gasteiger partial charge is 0.483 e. The van der Waals surface area contributed by atoms with Gasteiger partial charge in [0.05, 0.1) is 10.6 Å². The van der Waals surface area contributed by atoms with Crippen molar-refractivity contribution >= 4 is 34.0 Å². The summed E-state index contributed by atoms with van der Waals surface area (Å²) in [5, 5.41) is 2.67.